The zero-order chi connectivity index (χ0) is 41.6. The summed E-state index contributed by atoms with van der Waals surface area (Å²) >= 11 is 1.31. The van der Waals surface area contributed by atoms with Crippen molar-refractivity contribution in [3.63, 3.8) is 0 Å². The van der Waals surface area contributed by atoms with Crippen LogP contribution in [0.5, 0.6) is 0 Å². The summed E-state index contributed by atoms with van der Waals surface area (Å²) in [6.07, 6.45) is -6.76. The van der Waals surface area contributed by atoms with Crippen molar-refractivity contribution in [3.05, 3.63) is 117 Å². The highest BCUT2D eigenvalue weighted by Crippen LogP contribution is 2.31. The van der Waals surface area contributed by atoms with E-state index in [0.717, 1.165) is 41.9 Å². The van der Waals surface area contributed by atoms with Crippen molar-refractivity contribution in [2.24, 2.45) is 0 Å². The number of halogens is 4. The zero-order valence-corrected chi connectivity index (χ0v) is 31.8. The van der Waals surface area contributed by atoms with E-state index < -0.39 is 35.9 Å². The van der Waals surface area contributed by atoms with E-state index in [-0.39, 0.29) is 23.8 Å². The number of aryl methyl sites for hydroxylation is 1. The van der Waals surface area contributed by atoms with E-state index in [2.05, 4.69) is 23.7 Å². The van der Waals surface area contributed by atoms with Crippen molar-refractivity contribution in [1.82, 2.24) is 19.4 Å². The first-order valence-corrected chi connectivity index (χ1v) is 18.5. The predicted molar refractivity (Wildman–Crippen MR) is 201 cm³/mol. The Morgan fingerprint density at radius 3 is 1.80 bits per heavy atom. The number of rotatable bonds is 17. The molecule has 0 spiro atoms. The minimum Gasteiger partial charge on any atom is -0.479 e. The van der Waals surface area contributed by atoms with Gasteiger partial charge in [-0.1, -0.05) is 81.1 Å². The van der Waals surface area contributed by atoms with Gasteiger partial charge in [-0.15, -0.1) is 0 Å². The lowest BCUT2D eigenvalue weighted by Gasteiger charge is -2.27. The Bertz CT molecular complexity index is 1940. The van der Waals surface area contributed by atoms with Crippen LogP contribution in [0.3, 0.4) is 0 Å². The number of aliphatic carboxylic acids is 2. The van der Waals surface area contributed by atoms with Gasteiger partial charge in [0.2, 0.25) is 5.91 Å². The molecule has 1 aromatic heterocycles. The Hall–Kier alpha value is -5.10. The first kappa shape index (κ1) is 45.3. The van der Waals surface area contributed by atoms with Crippen molar-refractivity contribution in [2.75, 3.05) is 26.2 Å². The molecule has 17 heteroatoms. The second-order valence-corrected chi connectivity index (χ2v) is 13.4. The van der Waals surface area contributed by atoms with Crippen molar-refractivity contribution in [3.8, 4) is 11.1 Å². The van der Waals surface area contributed by atoms with Crippen LogP contribution in [0.1, 0.15) is 43.0 Å². The highest BCUT2D eigenvalue weighted by atomic mass is 32.2. The van der Waals surface area contributed by atoms with Crippen molar-refractivity contribution in [1.29, 1.82) is 0 Å². The number of nitrogens with zero attached hydrogens (tertiary/aromatic N) is 4. The molecule has 3 aromatic carbocycles. The molecule has 1 heterocycles. The molecule has 0 saturated heterocycles. The number of carboxylic acids is 2. The molecule has 12 nitrogen and oxygen atoms in total. The lowest BCUT2D eigenvalue weighted by Crippen LogP contribution is -2.40. The number of benzene rings is 3. The van der Waals surface area contributed by atoms with E-state index in [4.69, 9.17) is 20.4 Å². The Kier molecular flexibility index (Phi) is 17.2. The monoisotopic (exact) mass is 804 g/mol. The third-order valence-corrected chi connectivity index (χ3v) is 9.67. The molecule has 302 valence electrons. The van der Waals surface area contributed by atoms with Crippen molar-refractivity contribution < 1.29 is 52.4 Å². The summed E-state index contributed by atoms with van der Waals surface area (Å²) in [6.45, 7) is 9.15. The lowest BCUT2D eigenvalue weighted by atomic mass is 10.0. The zero-order valence-electron chi connectivity index (χ0n) is 30.9. The maximum absolute atomic E-state index is 13.9. The molecule has 0 aliphatic carbocycles. The first-order chi connectivity index (χ1) is 26.5. The Morgan fingerprint density at radius 2 is 1.32 bits per heavy atom. The number of likely N-dealkylation sites (N-methyl/N-ethyl adjacent to an activating group) is 1. The maximum Gasteiger partial charge on any atom is 0.416 e. The third kappa shape index (κ3) is 13.6. The topological polar surface area (TPSA) is 174 Å². The highest BCUT2D eigenvalue weighted by Gasteiger charge is 2.30. The van der Waals surface area contributed by atoms with Gasteiger partial charge < -0.3 is 34.8 Å². The molecular formula is C39H44F4N4O8S. The highest BCUT2D eigenvalue weighted by molar-refractivity contribution is 7.98. The van der Waals surface area contributed by atoms with Crippen LogP contribution in [0.25, 0.3) is 11.1 Å². The van der Waals surface area contributed by atoms with Gasteiger partial charge in [-0.05, 0) is 66.0 Å². The van der Waals surface area contributed by atoms with Gasteiger partial charge in [-0.25, -0.2) is 14.0 Å². The van der Waals surface area contributed by atoms with Crippen molar-refractivity contribution >= 4 is 29.6 Å². The van der Waals surface area contributed by atoms with Gasteiger partial charge >= 0.3 is 18.1 Å². The molecule has 0 aliphatic heterocycles. The molecule has 0 fully saturated rings. The van der Waals surface area contributed by atoms with Crippen LogP contribution in [0.15, 0.2) is 88.9 Å². The first-order valence-electron chi connectivity index (χ1n) is 17.5. The van der Waals surface area contributed by atoms with Gasteiger partial charge in [0.25, 0.3) is 5.56 Å². The largest absolute Gasteiger partial charge is 0.479 e. The van der Waals surface area contributed by atoms with Crippen LogP contribution >= 0.6 is 11.8 Å². The molecule has 2 atom stereocenters. The molecule has 0 aliphatic rings. The molecule has 0 saturated carbocycles. The summed E-state index contributed by atoms with van der Waals surface area (Å²) in [5.74, 6) is -3.57. The van der Waals surface area contributed by atoms with Gasteiger partial charge in [0.15, 0.2) is 17.4 Å². The second-order valence-electron chi connectivity index (χ2n) is 12.4. The number of carboxylic acid groups (broad SMARTS) is 2. The number of hydrogen-bond acceptors (Lipinski definition) is 9. The van der Waals surface area contributed by atoms with Gasteiger partial charge in [0.05, 0.1) is 5.56 Å². The average molecular weight is 805 g/mol. The normalized spacial score (nSPS) is 12.4. The van der Waals surface area contributed by atoms with Gasteiger partial charge in [0.1, 0.15) is 12.4 Å². The van der Waals surface area contributed by atoms with Gasteiger partial charge in [0, 0.05) is 37.1 Å². The molecular weight excluding hydrogens is 761 g/mol. The number of carbonyl (C=O) groups is 3. The summed E-state index contributed by atoms with van der Waals surface area (Å²) < 4.78 is 54.1. The molecule has 56 heavy (non-hydrogen) atoms. The van der Waals surface area contributed by atoms with Crippen LogP contribution < -0.4 is 5.56 Å². The standard InChI is InChI=1S/C35H38F4N4O2S.C4H6O6/c1-4-27-22-43(34(40-33(27)45)46-24-26-9-17-31(36)18-10-26)23-32(44)42(20-19-41(5-2)6-3)21-25-7-11-28(12-8-25)29-13-15-30(16-14-29)35(37,38)39;5-1(3(7)8)2(6)4(9)10/h7-18,22H,4-6,19-21,23-24H2,1-3H3;1-2,5-6H,(H,7,8)(H,9,10). The molecule has 4 N–H and O–H groups in total. The number of thioether (sulfide) groups is 1. The Balaban J connectivity index is 0.000000739. The van der Waals surface area contributed by atoms with Crippen LogP contribution in [0.4, 0.5) is 17.6 Å². The number of alkyl halides is 3. The van der Waals surface area contributed by atoms with Crippen LogP contribution in [0.2, 0.25) is 0 Å². The molecule has 1 amide bonds. The smallest absolute Gasteiger partial charge is 0.416 e. The van der Waals surface area contributed by atoms with Crippen LogP contribution in [-0.2, 0) is 45.8 Å². The van der Waals surface area contributed by atoms with Crippen LogP contribution in [0, 0.1) is 5.82 Å². The van der Waals surface area contributed by atoms with Crippen LogP contribution in [-0.4, -0.2) is 96.0 Å². The quantitative estimate of drug-likeness (QED) is 0.0630. The van der Waals surface area contributed by atoms with Crippen molar-refractivity contribution in [2.45, 2.75) is 69.6 Å². The number of aliphatic hydroxyl groups is 2. The molecule has 0 bridgehead atoms. The predicted octanol–water partition coefficient (Wildman–Crippen LogP) is 5.17. The summed E-state index contributed by atoms with van der Waals surface area (Å²) in [5, 5.41) is 32.9. The summed E-state index contributed by atoms with van der Waals surface area (Å²) in [5.41, 5.74) is 2.65. The van der Waals surface area contributed by atoms with E-state index in [1.165, 1.54) is 36.0 Å². The van der Waals surface area contributed by atoms with Gasteiger partial charge in [-0.3, -0.25) is 9.59 Å². The average Bonchev–Trinajstić information content (AvgIpc) is 3.17. The van der Waals surface area contributed by atoms with E-state index in [9.17, 15) is 36.7 Å². The Morgan fingerprint density at radius 1 is 0.804 bits per heavy atom. The fraction of sp³-hybridized carbons (Fsp3) is 0.359. The molecule has 4 rings (SSSR count). The van der Waals surface area contributed by atoms with E-state index in [0.29, 0.717) is 48.1 Å². The number of aromatic nitrogens is 2. The fourth-order valence-corrected chi connectivity index (χ4v) is 6.12. The minimum atomic E-state index is -4.39. The lowest BCUT2D eigenvalue weighted by molar-refractivity contribution is -0.165. The summed E-state index contributed by atoms with van der Waals surface area (Å²) in [6, 6.07) is 18.6. The SMILES string of the molecule is CCc1cn(CC(=O)N(CCN(CC)CC)Cc2ccc(-c3ccc(C(F)(F)F)cc3)cc2)c(SCc2ccc(F)cc2)nc1=O.O=C(O)C(O)C(O)C(=O)O. The maximum atomic E-state index is 13.9. The number of hydrogen-bond donors (Lipinski definition) is 4. The number of carbonyl (C=O) groups excluding carboxylic acids is 1. The minimum absolute atomic E-state index is 0.0199. The second kappa shape index (κ2) is 21.3. The van der Waals surface area contributed by atoms with E-state index in [1.54, 1.807) is 27.8 Å². The molecule has 0 radical (unpaired) electrons. The van der Waals surface area contributed by atoms with E-state index >= 15 is 0 Å². The fourth-order valence-electron chi connectivity index (χ4n) is 5.21. The van der Waals surface area contributed by atoms with Gasteiger partial charge in [-0.2, -0.15) is 18.2 Å². The Labute approximate surface area is 325 Å². The molecule has 4 aromatic rings. The number of amides is 1. The third-order valence-electron chi connectivity index (χ3n) is 8.61. The molecule has 2 unspecified atom stereocenters. The van der Waals surface area contributed by atoms with E-state index in [1.807, 2.05) is 31.2 Å². The summed E-state index contributed by atoms with van der Waals surface area (Å²) in [4.78, 5) is 54.4. The summed E-state index contributed by atoms with van der Waals surface area (Å²) in [7, 11) is 0. The number of aliphatic hydroxyl groups excluding tert-OH is 2.